The summed E-state index contributed by atoms with van der Waals surface area (Å²) in [5.41, 5.74) is 3.55. The molecule has 0 saturated heterocycles. The van der Waals surface area contributed by atoms with E-state index in [1.54, 1.807) is 12.1 Å². The van der Waals surface area contributed by atoms with Gasteiger partial charge in [-0.25, -0.2) is 4.39 Å². The van der Waals surface area contributed by atoms with Crippen LogP contribution in [0.25, 0.3) is 0 Å². The van der Waals surface area contributed by atoms with Crippen molar-refractivity contribution in [2.24, 2.45) is 0 Å². The van der Waals surface area contributed by atoms with Gasteiger partial charge >= 0.3 is 0 Å². The van der Waals surface area contributed by atoms with Gasteiger partial charge in [-0.2, -0.15) is 0 Å². The van der Waals surface area contributed by atoms with Gasteiger partial charge in [0.05, 0.1) is 6.04 Å². The Balaban J connectivity index is 1.84. The fourth-order valence-electron chi connectivity index (χ4n) is 2.74. The predicted molar refractivity (Wildman–Crippen MR) is 104 cm³/mol. The van der Waals surface area contributed by atoms with Crippen LogP contribution in [-0.4, -0.2) is 5.78 Å². The Bertz CT molecular complexity index is 874. The molecule has 0 aromatic heterocycles. The van der Waals surface area contributed by atoms with Gasteiger partial charge in [0.15, 0.2) is 5.78 Å². The normalized spacial score (nSPS) is 11.8. The zero-order chi connectivity index (χ0) is 18.5. The number of benzene rings is 3. The second-order valence-electron chi connectivity index (χ2n) is 6.25. The minimum atomic E-state index is -0.351. The monoisotopic (exact) mass is 367 g/mol. The maximum atomic E-state index is 13.1. The van der Waals surface area contributed by atoms with E-state index >= 15 is 0 Å². The number of halogens is 2. The number of anilines is 1. The summed E-state index contributed by atoms with van der Waals surface area (Å²) < 4.78 is 13.1. The first-order valence-corrected chi connectivity index (χ1v) is 8.76. The zero-order valence-electron chi connectivity index (χ0n) is 14.4. The number of aryl methyl sites for hydroxylation is 1. The lowest BCUT2D eigenvalue weighted by Crippen LogP contribution is -2.16. The molecule has 1 N–H and O–H groups in total. The highest BCUT2D eigenvalue weighted by Crippen LogP contribution is 2.26. The third-order valence-electron chi connectivity index (χ3n) is 4.22. The smallest absolute Gasteiger partial charge is 0.165 e. The molecule has 0 aliphatic carbocycles. The Hall–Kier alpha value is -2.65. The molecule has 0 radical (unpaired) electrons. The third-order valence-corrected chi connectivity index (χ3v) is 4.47. The molecule has 0 amide bonds. The fourth-order valence-corrected chi connectivity index (χ4v) is 2.86. The van der Waals surface area contributed by atoms with Crippen LogP contribution in [0.1, 0.15) is 33.9 Å². The average Bonchev–Trinajstić information content (AvgIpc) is 2.64. The fraction of sp³-hybridized carbons (Fsp3) is 0.136. The van der Waals surface area contributed by atoms with E-state index in [9.17, 15) is 9.18 Å². The van der Waals surface area contributed by atoms with Gasteiger partial charge in [0.25, 0.3) is 0 Å². The van der Waals surface area contributed by atoms with Gasteiger partial charge < -0.3 is 5.32 Å². The lowest BCUT2D eigenvalue weighted by molar-refractivity contribution is 0.0976. The highest BCUT2D eigenvalue weighted by molar-refractivity contribution is 6.30. The van der Waals surface area contributed by atoms with Crippen LogP contribution >= 0.6 is 11.6 Å². The topological polar surface area (TPSA) is 29.1 Å². The number of carbonyl (C=O) groups excluding carboxylic acids is 1. The summed E-state index contributed by atoms with van der Waals surface area (Å²) in [6.07, 6.45) is 0.261. The summed E-state index contributed by atoms with van der Waals surface area (Å²) in [4.78, 5) is 12.7. The van der Waals surface area contributed by atoms with Crippen LogP contribution in [0.3, 0.4) is 0 Å². The van der Waals surface area contributed by atoms with E-state index in [0.29, 0.717) is 10.6 Å². The van der Waals surface area contributed by atoms with Crippen molar-refractivity contribution in [3.05, 3.63) is 100 Å². The third kappa shape index (κ3) is 4.70. The molecule has 0 heterocycles. The van der Waals surface area contributed by atoms with Crippen molar-refractivity contribution >= 4 is 23.1 Å². The molecule has 26 heavy (non-hydrogen) atoms. The van der Waals surface area contributed by atoms with Gasteiger partial charge in [0, 0.05) is 22.7 Å². The molecule has 0 unspecified atom stereocenters. The molecule has 3 aromatic rings. The first-order chi connectivity index (χ1) is 12.5. The minimum absolute atomic E-state index is 0.0444. The number of hydrogen-bond donors (Lipinski definition) is 1. The molecule has 132 valence electrons. The van der Waals surface area contributed by atoms with Gasteiger partial charge in [-0.1, -0.05) is 41.4 Å². The van der Waals surface area contributed by atoms with Crippen LogP contribution in [0.5, 0.6) is 0 Å². The Kier molecular flexibility index (Phi) is 5.69. The molecule has 3 aromatic carbocycles. The molecular formula is C22H19ClFNO. The molecule has 1 atom stereocenters. The molecule has 3 rings (SSSR count). The standard InChI is InChI=1S/C22H19ClFNO/c1-15-2-4-16(5-3-15)21(25-20-12-8-18(23)9-13-20)14-22(26)17-6-10-19(24)11-7-17/h2-13,21,25H,14H2,1H3/t21-/m0/s1. The SMILES string of the molecule is Cc1ccc([C@H](CC(=O)c2ccc(F)cc2)Nc2ccc(Cl)cc2)cc1. The molecule has 4 heteroatoms. The van der Waals surface area contributed by atoms with Crippen molar-refractivity contribution in [2.45, 2.75) is 19.4 Å². The van der Waals surface area contributed by atoms with E-state index in [2.05, 4.69) is 5.32 Å². The number of nitrogens with one attached hydrogen (secondary N) is 1. The van der Waals surface area contributed by atoms with Crippen LogP contribution in [0.2, 0.25) is 5.02 Å². The van der Waals surface area contributed by atoms with Crippen molar-refractivity contribution in [3.8, 4) is 0 Å². The first kappa shape index (κ1) is 18.2. The van der Waals surface area contributed by atoms with Crippen molar-refractivity contribution in [2.75, 3.05) is 5.32 Å². The summed E-state index contributed by atoms with van der Waals surface area (Å²) in [6, 6.07) is 20.9. The van der Waals surface area contributed by atoms with Crippen LogP contribution in [-0.2, 0) is 0 Å². The predicted octanol–water partition coefficient (Wildman–Crippen LogP) is 6.21. The maximum Gasteiger partial charge on any atom is 0.165 e. The molecule has 0 fully saturated rings. The number of ketones is 1. The van der Waals surface area contributed by atoms with Crippen molar-refractivity contribution < 1.29 is 9.18 Å². The maximum absolute atomic E-state index is 13.1. The van der Waals surface area contributed by atoms with Crippen LogP contribution < -0.4 is 5.32 Å². The van der Waals surface area contributed by atoms with E-state index in [4.69, 9.17) is 11.6 Å². The second-order valence-corrected chi connectivity index (χ2v) is 6.69. The van der Waals surface area contributed by atoms with E-state index in [1.165, 1.54) is 24.3 Å². The lowest BCUT2D eigenvalue weighted by Gasteiger charge is -2.20. The van der Waals surface area contributed by atoms with E-state index in [1.807, 2.05) is 43.3 Å². The largest absolute Gasteiger partial charge is 0.378 e. The minimum Gasteiger partial charge on any atom is -0.378 e. The summed E-state index contributed by atoms with van der Waals surface area (Å²) in [7, 11) is 0. The van der Waals surface area contributed by atoms with Gasteiger partial charge in [0.2, 0.25) is 0 Å². The number of rotatable bonds is 6. The first-order valence-electron chi connectivity index (χ1n) is 8.39. The molecular weight excluding hydrogens is 349 g/mol. The van der Waals surface area contributed by atoms with Crippen LogP contribution in [0.4, 0.5) is 10.1 Å². The van der Waals surface area contributed by atoms with E-state index < -0.39 is 0 Å². The lowest BCUT2D eigenvalue weighted by atomic mass is 9.97. The van der Waals surface area contributed by atoms with Gasteiger partial charge in [-0.3, -0.25) is 4.79 Å². The van der Waals surface area contributed by atoms with Crippen molar-refractivity contribution in [1.82, 2.24) is 0 Å². The molecule has 2 nitrogen and oxygen atoms in total. The van der Waals surface area contributed by atoms with Gasteiger partial charge in [0.1, 0.15) is 5.82 Å². The molecule has 0 spiro atoms. The molecule has 0 saturated carbocycles. The van der Waals surface area contributed by atoms with Crippen molar-refractivity contribution in [3.63, 3.8) is 0 Å². The highest BCUT2D eigenvalue weighted by atomic mass is 35.5. The summed E-state index contributed by atoms with van der Waals surface area (Å²) in [6.45, 7) is 2.02. The number of Topliss-reactive ketones (excluding diaryl/α,β-unsaturated/α-hetero) is 1. The Morgan fingerprint density at radius 3 is 2.19 bits per heavy atom. The number of carbonyl (C=O) groups is 1. The van der Waals surface area contributed by atoms with Gasteiger partial charge in [-0.15, -0.1) is 0 Å². The van der Waals surface area contributed by atoms with Crippen LogP contribution in [0.15, 0.2) is 72.8 Å². The molecule has 0 aliphatic heterocycles. The summed E-state index contributed by atoms with van der Waals surface area (Å²) in [5.74, 6) is -0.395. The molecule has 0 bridgehead atoms. The summed E-state index contributed by atoms with van der Waals surface area (Å²) >= 11 is 5.95. The quantitative estimate of drug-likeness (QED) is 0.524. The Morgan fingerprint density at radius 1 is 0.962 bits per heavy atom. The van der Waals surface area contributed by atoms with E-state index in [0.717, 1.165) is 16.8 Å². The Morgan fingerprint density at radius 2 is 1.58 bits per heavy atom. The number of hydrogen-bond acceptors (Lipinski definition) is 2. The molecule has 0 aliphatic rings. The summed E-state index contributed by atoms with van der Waals surface area (Å²) in [5, 5.41) is 4.06. The Labute approximate surface area is 157 Å². The van der Waals surface area contributed by atoms with E-state index in [-0.39, 0.29) is 24.1 Å². The highest BCUT2D eigenvalue weighted by Gasteiger charge is 2.17. The average molecular weight is 368 g/mol. The van der Waals surface area contributed by atoms with Crippen LogP contribution in [0, 0.1) is 12.7 Å². The van der Waals surface area contributed by atoms with Crippen molar-refractivity contribution in [1.29, 1.82) is 0 Å². The second kappa shape index (κ2) is 8.15. The zero-order valence-corrected chi connectivity index (χ0v) is 15.1. The van der Waals surface area contributed by atoms with Gasteiger partial charge in [-0.05, 0) is 61.0 Å².